The van der Waals surface area contributed by atoms with E-state index >= 15 is 0 Å². The molecule has 35 heavy (non-hydrogen) atoms. The van der Waals surface area contributed by atoms with Gasteiger partial charge in [-0.3, -0.25) is 19.4 Å². The highest BCUT2D eigenvalue weighted by Gasteiger charge is 2.33. The van der Waals surface area contributed by atoms with Crippen LogP contribution in [-0.2, 0) is 15.8 Å². The van der Waals surface area contributed by atoms with E-state index in [1.165, 1.54) is 6.07 Å². The molecule has 11 heteroatoms. The number of nitrogens with one attached hydrogen (secondary N) is 1. The average molecular weight is 489 g/mol. The lowest BCUT2D eigenvalue weighted by molar-refractivity contribution is -0.142. The van der Waals surface area contributed by atoms with E-state index < -0.39 is 17.8 Å². The number of carbonyl (C=O) groups is 3. The van der Waals surface area contributed by atoms with E-state index in [0.29, 0.717) is 50.4 Å². The standard InChI is InChI=1S/C24H26F3N5O3/c25-24(26,27)20-15-17(8-9-28-20)29-23(35)18-5-1-2-6-19(18)30-11-13-31(14-12-30)22(34)16-32-10-4-3-7-21(32)33/h1-2,5-6,8-9,15H,3-4,7,10-14,16H2,(H,28,29,35). The summed E-state index contributed by atoms with van der Waals surface area (Å²) < 4.78 is 38.8. The predicted octanol–water partition coefficient (Wildman–Crippen LogP) is 3.01. The van der Waals surface area contributed by atoms with Crippen molar-refractivity contribution in [1.29, 1.82) is 0 Å². The number of nitrogens with zero attached hydrogens (tertiary/aromatic N) is 4. The van der Waals surface area contributed by atoms with Crippen molar-refractivity contribution in [3.8, 4) is 0 Å². The van der Waals surface area contributed by atoms with Crippen molar-refractivity contribution < 1.29 is 27.6 Å². The van der Waals surface area contributed by atoms with Crippen molar-refractivity contribution >= 4 is 29.1 Å². The first-order valence-electron chi connectivity index (χ1n) is 11.5. The Balaban J connectivity index is 1.39. The van der Waals surface area contributed by atoms with Crippen molar-refractivity contribution in [3.63, 3.8) is 0 Å². The van der Waals surface area contributed by atoms with Crippen LogP contribution in [0.15, 0.2) is 42.6 Å². The zero-order chi connectivity index (χ0) is 25.0. The van der Waals surface area contributed by atoms with Crippen LogP contribution in [-0.4, -0.2) is 71.8 Å². The molecule has 1 aromatic heterocycles. The number of hydrogen-bond acceptors (Lipinski definition) is 5. The average Bonchev–Trinajstić information content (AvgIpc) is 2.85. The largest absolute Gasteiger partial charge is 0.433 e. The minimum absolute atomic E-state index is 0.00481. The molecule has 8 nitrogen and oxygen atoms in total. The molecule has 1 N–H and O–H groups in total. The molecule has 186 valence electrons. The third-order valence-electron chi connectivity index (χ3n) is 6.18. The van der Waals surface area contributed by atoms with Gasteiger partial charge in [-0.1, -0.05) is 12.1 Å². The Kier molecular flexibility index (Phi) is 7.23. The molecule has 2 saturated heterocycles. The number of anilines is 2. The van der Waals surface area contributed by atoms with Crippen LogP contribution in [0.1, 0.15) is 35.3 Å². The first kappa shape index (κ1) is 24.5. The number of rotatable bonds is 5. The molecule has 0 radical (unpaired) electrons. The quantitative estimate of drug-likeness (QED) is 0.698. The lowest BCUT2D eigenvalue weighted by Crippen LogP contribution is -2.52. The molecule has 1 aromatic carbocycles. The second-order valence-corrected chi connectivity index (χ2v) is 8.54. The Morgan fingerprint density at radius 2 is 1.74 bits per heavy atom. The smallest absolute Gasteiger partial charge is 0.367 e. The van der Waals surface area contributed by atoms with Crippen molar-refractivity contribution in [1.82, 2.24) is 14.8 Å². The first-order valence-corrected chi connectivity index (χ1v) is 11.5. The molecule has 0 atom stereocenters. The number of piperazine rings is 1. The molecule has 0 aliphatic carbocycles. The van der Waals surface area contributed by atoms with Crippen molar-refractivity contribution in [2.45, 2.75) is 25.4 Å². The van der Waals surface area contributed by atoms with Gasteiger partial charge in [-0.25, -0.2) is 0 Å². The monoisotopic (exact) mass is 489 g/mol. The minimum atomic E-state index is -4.61. The second kappa shape index (κ2) is 10.3. The molecular weight excluding hydrogens is 463 g/mol. The molecule has 2 aromatic rings. The van der Waals surface area contributed by atoms with Crippen LogP contribution in [0.2, 0.25) is 0 Å². The molecule has 0 bridgehead atoms. The number of hydrogen-bond donors (Lipinski definition) is 1. The lowest BCUT2D eigenvalue weighted by Gasteiger charge is -2.38. The van der Waals surface area contributed by atoms with Crippen LogP contribution < -0.4 is 10.2 Å². The fraction of sp³-hybridized carbons (Fsp3) is 0.417. The zero-order valence-electron chi connectivity index (χ0n) is 19.1. The maximum Gasteiger partial charge on any atom is 0.433 e. The van der Waals surface area contributed by atoms with Crippen LogP contribution in [0.4, 0.5) is 24.5 Å². The van der Waals surface area contributed by atoms with Crippen LogP contribution in [0.25, 0.3) is 0 Å². The van der Waals surface area contributed by atoms with E-state index in [1.807, 2.05) is 4.90 Å². The molecule has 2 aliphatic heterocycles. The molecule has 2 fully saturated rings. The first-order chi connectivity index (χ1) is 16.7. The van der Waals surface area contributed by atoms with E-state index in [9.17, 15) is 27.6 Å². The summed E-state index contributed by atoms with van der Waals surface area (Å²) in [6, 6.07) is 8.93. The van der Waals surface area contributed by atoms with Gasteiger partial charge in [0.15, 0.2) is 0 Å². The summed E-state index contributed by atoms with van der Waals surface area (Å²) in [5, 5.41) is 2.52. The van der Waals surface area contributed by atoms with Gasteiger partial charge in [0.2, 0.25) is 11.8 Å². The number of para-hydroxylation sites is 1. The number of alkyl halides is 3. The molecule has 0 unspecified atom stereocenters. The Hall–Kier alpha value is -3.63. The molecule has 2 aliphatic rings. The van der Waals surface area contributed by atoms with Gasteiger partial charge in [-0.05, 0) is 37.1 Å². The van der Waals surface area contributed by atoms with Gasteiger partial charge in [0.1, 0.15) is 5.69 Å². The van der Waals surface area contributed by atoms with Crippen molar-refractivity contribution in [2.24, 2.45) is 0 Å². The molecule has 3 heterocycles. The van der Waals surface area contributed by atoms with Gasteiger partial charge in [0.05, 0.1) is 12.1 Å². The van der Waals surface area contributed by atoms with Crippen LogP contribution in [0.3, 0.4) is 0 Å². The number of carbonyl (C=O) groups excluding carboxylic acids is 3. The van der Waals surface area contributed by atoms with E-state index in [-0.39, 0.29) is 24.0 Å². The lowest BCUT2D eigenvalue weighted by atomic mass is 10.1. The van der Waals surface area contributed by atoms with Gasteiger partial charge in [-0.2, -0.15) is 13.2 Å². The Bertz CT molecular complexity index is 1100. The number of aromatic nitrogens is 1. The van der Waals surface area contributed by atoms with E-state index in [2.05, 4.69) is 10.3 Å². The summed E-state index contributed by atoms with van der Waals surface area (Å²) in [5.41, 5.74) is -0.143. The van der Waals surface area contributed by atoms with E-state index in [1.54, 1.807) is 34.1 Å². The molecule has 0 saturated carbocycles. The van der Waals surface area contributed by atoms with Gasteiger partial charge in [-0.15, -0.1) is 0 Å². The maximum absolute atomic E-state index is 12.9. The van der Waals surface area contributed by atoms with Gasteiger partial charge in [0, 0.05) is 56.7 Å². The summed E-state index contributed by atoms with van der Waals surface area (Å²) >= 11 is 0. The Labute approximate surface area is 200 Å². The predicted molar refractivity (Wildman–Crippen MR) is 123 cm³/mol. The number of amides is 3. The fourth-order valence-electron chi connectivity index (χ4n) is 4.29. The topological polar surface area (TPSA) is 85.8 Å². The number of likely N-dealkylation sites (tertiary alicyclic amines) is 1. The van der Waals surface area contributed by atoms with Gasteiger partial charge in [0.25, 0.3) is 5.91 Å². The molecular formula is C24H26F3N5O3. The molecule has 4 rings (SSSR count). The number of benzene rings is 1. The summed E-state index contributed by atoms with van der Waals surface area (Å²) in [7, 11) is 0. The third-order valence-corrected chi connectivity index (χ3v) is 6.18. The zero-order valence-corrected chi connectivity index (χ0v) is 19.1. The van der Waals surface area contributed by atoms with Crippen LogP contribution >= 0.6 is 0 Å². The van der Waals surface area contributed by atoms with Gasteiger partial charge >= 0.3 is 6.18 Å². The number of halogens is 3. The summed E-state index contributed by atoms with van der Waals surface area (Å²) in [6.07, 6.45) is -1.37. The molecule has 3 amide bonds. The fourth-order valence-corrected chi connectivity index (χ4v) is 4.29. The maximum atomic E-state index is 12.9. The highest BCUT2D eigenvalue weighted by molar-refractivity contribution is 6.08. The SMILES string of the molecule is O=C(Nc1ccnc(C(F)(F)F)c1)c1ccccc1N1CCN(C(=O)CN2CCCCC2=O)CC1. The summed E-state index contributed by atoms with van der Waals surface area (Å²) in [4.78, 5) is 46.2. The molecule has 0 spiro atoms. The van der Waals surface area contributed by atoms with E-state index in [0.717, 1.165) is 25.1 Å². The van der Waals surface area contributed by atoms with Crippen LogP contribution in [0.5, 0.6) is 0 Å². The number of piperidine rings is 1. The van der Waals surface area contributed by atoms with Crippen molar-refractivity contribution in [3.05, 3.63) is 53.9 Å². The second-order valence-electron chi connectivity index (χ2n) is 8.54. The third kappa shape index (κ3) is 5.90. The normalized spacial score (nSPS) is 16.9. The minimum Gasteiger partial charge on any atom is -0.367 e. The summed E-state index contributed by atoms with van der Waals surface area (Å²) in [6.45, 7) is 2.54. The highest BCUT2D eigenvalue weighted by Crippen LogP contribution is 2.29. The van der Waals surface area contributed by atoms with E-state index in [4.69, 9.17) is 0 Å². The number of pyridine rings is 1. The Morgan fingerprint density at radius 1 is 1.00 bits per heavy atom. The summed E-state index contributed by atoms with van der Waals surface area (Å²) in [5.74, 6) is -0.620. The van der Waals surface area contributed by atoms with Crippen molar-refractivity contribution in [2.75, 3.05) is 49.5 Å². The van der Waals surface area contributed by atoms with Crippen LogP contribution in [0, 0.1) is 0 Å². The Morgan fingerprint density at radius 3 is 2.46 bits per heavy atom. The highest BCUT2D eigenvalue weighted by atomic mass is 19.4. The van der Waals surface area contributed by atoms with Gasteiger partial charge < -0.3 is 20.0 Å².